The Morgan fingerprint density at radius 2 is 1.80 bits per heavy atom. The third kappa shape index (κ3) is 8.11. The lowest BCUT2D eigenvalue weighted by Gasteiger charge is -2.37. The van der Waals surface area contributed by atoms with Gasteiger partial charge in [-0.3, -0.25) is 14.4 Å². The van der Waals surface area contributed by atoms with Gasteiger partial charge in [0.1, 0.15) is 18.5 Å². The summed E-state index contributed by atoms with van der Waals surface area (Å²) in [5, 5.41) is 3.08. The summed E-state index contributed by atoms with van der Waals surface area (Å²) in [4.78, 5) is 42.3. The molecule has 9 heteroatoms. The lowest BCUT2D eigenvalue weighted by atomic mass is 9.80. The fraction of sp³-hybridized carbons (Fsp3) is 0.571. The van der Waals surface area contributed by atoms with E-state index in [-0.39, 0.29) is 24.2 Å². The summed E-state index contributed by atoms with van der Waals surface area (Å²) in [5.74, 6) is 0.777. The second kappa shape index (κ2) is 15.4. The predicted octanol–water partition coefficient (Wildman–Crippen LogP) is 5.22. The van der Waals surface area contributed by atoms with Crippen LogP contribution in [-0.2, 0) is 32.0 Å². The van der Waals surface area contributed by atoms with Gasteiger partial charge in [-0.25, -0.2) is 0 Å². The molecular weight excluding hydrogens is 560 g/mol. The quantitative estimate of drug-likeness (QED) is 0.259. The molecule has 2 atom stereocenters. The van der Waals surface area contributed by atoms with Crippen molar-refractivity contribution in [3.63, 3.8) is 0 Å². The monoisotopic (exact) mass is 608 g/mol. The van der Waals surface area contributed by atoms with E-state index in [0.29, 0.717) is 63.3 Å². The standard InChI is InChI=1S/C35H48N2O7/c1-35(2)19-18-28-24(13-16-30(41-4)32(28)42-5)12-15-29(25-9-8-11-27(23-25)43-22-20-36-3)44-31(38)17-14-26-10-6-7-21-37(26)34(40)33(35)39/h8-9,11,13,16,23,26,29,36H,6-7,10,12,14-15,17-22H2,1-5H3. The number of piperidine rings is 1. The van der Waals surface area contributed by atoms with Crippen LogP contribution in [0.15, 0.2) is 36.4 Å². The number of rotatable bonds is 7. The van der Waals surface area contributed by atoms with E-state index >= 15 is 0 Å². The highest BCUT2D eigenvalue weighted by molar-refractivity contribution is 6.38. The second-order valence-electron chi connectivity index (χ2n) is 12.4. The summed E-state index contributed by atoms with van der Waals surface area (Å²) in [6.45, 7) is 5.46. The van der Waals surface area contributed by atoms with Gasteiger partial charge in [0.25, 0.3) is 5.91 Å². The molecule has 9 nitrogen and oxygen atoms in total. The molecule has 0 aliphatic carbocycles. The van der Waals surface area contributed by atoms with Gasteiger partial charge in [-0.2, -0.15) is 0 Å². The van der Waals surface area contributed by atoms with Crippen LogP contribution >= 0.6 is 0 Å². The lowest BCUT2D eigenvalue weighted by molar-refractivity contribution is -0.153. The first-order valence-electron chi connectivity index (χ1n) is 15.8. The Balaban J connectivity index is 1.72. The number of cyclic esters (lactones) is 1. The Labute approximate surface area is 261 Å². The minimum absolute atomic E-state index is 0.163. The molecular formula is C35H48N2O7. The van der Waals surface area contributed by atoms with Gasteiger partial charge in [-0.05, 0) is 87.7 Å². The van der Waals surface area contributed by atoms with Gasteiger partial charge in [-0.1, -0.05) is 32.0 Å². The molecule has 240 valence electrons. The highest BCUT2D eigenvalue weighted by Gasteiger charge is 2.39. The minimum atomic E-state index is -0.878. The molecule has 2 aromatic carbocycles. The van der Waals surface area contributed by atoms with E-state index in [4.69, 9.17) is 18.9 Å². The molecule has 1 amide bonds. The zero-order valence-electron chi connectivity index (χ0n) is 26.9. The Hall–Kier alpha value is -3.59. The summed E-state index contributed by atoms with van der Waals surface area (Å²) >= 11 is 0. The van der Waals surface area contributed by atoms with Gasteiger partial charge in [0.05, 0.1) is 14.2 Å². The number of esters is 1. The number of ether oxygens (including phenoxy) is 4. The summed E-state index contributed by atoms with van der Waals surface area (Å²) in [6, 6.07) is 11.5. The smallest absolute Gasteiger partial charge is 0.306 e. The summed E-state index contributed by atoms with van der Waals surface area (Å²) in [7, 11) is 5.08. The van der Waals surface area contributed by atoms with Gasteiger partial charge < -0.3 is 29.2 Å². The van der Waals surface area contributed by atoms with E-state index < -0.39 is 17.4 Å². The van der Waals surface area contributed by atoms with Crippen molar-refractivity contribution in [2.45, 2.75) is 83.8 Å². The van der Waals surface area contributed by atoms with Gasteiger partial charge in [0.15, 0.2) is 11.5 Å². The summed E-state index contributed by atoms with van der Waals surface area (Å²) < 4.78 is 23.5. The molecule has 44 heavy (non-hydrogen) atoms. The Morgan fingerprint density at radius 3 is 2.55 bits per heavy atom. The van der Waals surface area contributed by atoms with Crippen LogP contribution in [0.4, 0.5) is 0 Å². The molecule has 0 spiro atoms. The van der Waals surface area contributed by atoms with Gasteiger partial charge in [0.2, 0.25) is 5.78 Å². The van der Waals surface area contributed by atoms with Crippen molar-refractivity contribution < 1.29 is 33.3 Å². The fourth-order valence-electron chi connectivity index (χ4n) is 6.24. The number of fused-ring (bicyclic) bond motifs is 2. The molecule has 4 rings (SSSR count). The minimum Gasteiger partial charge on any atom is -0.493 e. The average molecular weight is 609 g/mol. The highest BCUT2D eigenvalue weighted by Crippen LogP contribution is 2.39. The molecule has 2 heterocycles. The Morgan fingerprint density at radius 1 is 0.977 bits per heavy atom. The van der Waals surface area contributed by atoms with Gasteiger partial charge in [0, 0.05) is 36.5 Å². The first-order chi connectivity index (χ1) is 21.2. The van der Waals surface area contributed by atoms with E-state index in [1.165, 1.54) is 0 Å². The molecule has 2 aromatic rings. The molecule has 0 radical (unpaired) electrons. The molecule has 0 saturated carbocycles. The molecule has 2 aliphatic heterocycles. The van der Waals surface area contributed by atoms with Crippen molar-refractivity contribution in [3.05, 3.63) is 53.1 Å². The van der Waals surface area contributed by atoms with Crippen molar-refractivity contribution in [2.75, 3.05) is 41.0 Å². The van der Waals surface area contributed by atoms with Crippen molar-refractivity contribution >= 4 is 17.7 Å². The zero-order chi connectivity index (χ0) is 31.7. The number of Topliss-reactive ketones (excluding diaryl/α,β-unsaturated/α-hetero) is 1. The summed E-state index contributed by atoms with van der Waals surface area (Å²) in [5.41, 5.74) is 1.93. The number of nitrogens with one attached hydrogen (secondary N) is 1. The van der Waals surface area contributed by atoms with Crippen LogP contribution in [0.25, 0.3) is 0 Å². The lowest BCUT2D eigenvalue weighted by Crippen LogP contribution is -2.50. The number of carbonyl (C=O) groups excluding carboxylic acids is 3. The fourth-order valence-corrected chi connectivity index (χ4v) is 6.24. The van der Waals surface area contributed by atoms with Crippen LogP contribution in [-0.4, -0.2) is 69.6 Å². The number of ketones is 1. The van der Waals surface area contributed by atoms with E-state index in [0.717, 1.165) is 41.7 Å². The van der Waals surface area contributed by atoms with E-state index in [9.17, 15) is 14.4 Å². The molecule has 2 aliphatic rings. The van der Waals surface area contributed by atoms with Crippen LogP contribution in [0, 0.1) is 5.41 Å². The third-order valence-electron chi connectivity index (χ3n) is 8.92. The first-order valence-corrected chi connectivity index (χ1v) is 15.8. The number of benzene rings is 2. The topological polar surface area (TPSA) is 103 Å². The summed E-state index contributed by atoms with van der Waals surface area (Å²) in [6.07, 6.45) is 4.86. The number of hydrogen-bond donors (Lipinski definition) is 1. The second-order valence-corrected chi connectivity index (χ2v) is 12.4. The normalized spacial score (nSPS) is 21.6. The Bertz CT molecular complexity index is 1310. The van der Waals surface area contributed by atoms with E-state index in [1.54, 1.807) is 19.1 Å². The zero-order valence-corrected chi connectivity index (χ0v) is 26.9. The number of methoxy groups -OCH3 is 2. The SMILES string of the molecule is CNCCOc1cccc(C2CCc3ccc(OC)c(OC)c3CCC(C)(C)C(=O)C(=O)N3CCCCC3CCC(=O)O2)c1. The van der Waals surface area contributed by atoms with Crippen LogP contribution in [0.3, 0.4) is 0 Å². The number of nitrogens with zero attached hydrogens (tertiary/aromatic N) is 1. The maximum atomic E-state index is 13.6. The number of amides is 1. The number of likely N-dealkylation sites (N-methyl/N-ethyl adjacent to an activating group) is 1. The van der Waals surface area contributed by atoms with Gasteiger partial charge in [-0.15, -0.1) is 0 Å². The third-order valence-corrected chi connectivity index (χ3v) is 8.92. The van der Waals surface area contributed by atoms with Crippen molar-refractivity contribution in [1.29, 1.82) is 0 Å². The van der Waals surface area contributed by atoms with Crippen molar-refractivity contribution in [3.8, 4) is 17.2 Å². The maximum absolute atomic E-state index is 13.6. The van der Waals surface area contributed by atoms with Crippen LogP contribution < -0.4 is 19.5 Å². The average Bonchev–Trinajstić information content (AvgIpc) is 3.03. The van der Waals surface area contributed by atoms with E-state index in [2.05, 4.69) is 5.32 Å². The van der Waals surface area contributed by atoms with Crippen LogP contribution in [0.1, 0.15) is 81.6 Å². The molecule has 1 saturated heterocycles. The highest BCUT2D eigenvalue weighted by atomic mass is 16.5. The maximum Gasteiger partial charge on any atom is 0.306 e. The molecule has 0 aromatic heterocycles. The van der Waals surface area contributed by atoms with E-state index in [1.807, 2.05) is 57.3 Å². The van der Waals surface area contributed by atoms with Crippen molar-refractivity contribution in [2.24, 2.45) is 5.41 Å². The number of aryl methyl sites for hydroxylation is 1. The molecule has 1 fully saturated rings. The number of hydrogen-bond acceptors (Lipinski definition) is 8. The van der Waals surface area contributed by atoms with Crippen molar-refractivity contribution in [1.82, 2.24) is 10.2 Å². The Kier molecular flexibility index (Phi) is 11.7. The number of carbonyl (C=O) groups is 3. The first kappa shape index (κ1) is 33.3. The molecule has 1 N–H and O–H groups in total. The van der Waals surface area contributed by atoms with Gasteiger partial charge >= 0.3 is 5.97 Å². The molecule has 0 bridgehead atoms. The predicted molar refractivity (Wildman–Crippen MR) is 168 cm³/mol. The largest absolute Gasteiger partial charge is 0.493 e. The van der Waals surface area contributed by atoms with Crippen LogP contribution in [0.5, 0.6) is 17.2 Å². The molecule has 2 unspecified atom stereocenters. The van der Waals surface area contributed by atoms with Crippen LogP contribution in [0.2, 0.25) is 0 Å².